The van der Waals surface area contributed by atoms with Gasteiger partial charge >= 0.3 is 0 Å². The molecule has 1 amide bonds. The van der Waals surface area contributed by atoms with Crippen molar-refractivity contribution in [1.82, 2.24) is 4.90 Å². The van der Waals surface area contributed by atoms with E-state index >= 15 is 0 Å². The average molecular weight is 295 g/mol. The van der Waals surface area contributed by atoms with Crippen LogP contribution >= 0.6 is 0 Å². The third-order valence-electron chi connectivity index (χ3n) is 4.19. The summed E-state index contributed by atoms with van der Waals surface area (Å²) in [7, 11) is -2.98. The molecule has 2 saturated heterocycles. The predicted octanol–water partition coefficient (Wildman–Crippen LogP) is 0.427. The van der Waals surface area contributed by atoms with Gasteiger partial charge in [-0.1, -0.05) is 0 Å². The average Bonchev–Trinajstić information content (AvgIpc) is 3.08. The summed E-state index contributed by atoms with van der Waals surface area (Å²) in [5.74, 6) is 1.15. The molecule has 0 radical (unpaired) electrons. The van der Waals surface area contributed by atoms with Crippen molar-refractivity contribution in [2.75, 3.05) is 19.1 Å². The summed E-state index contributed by atoms with van der Waals surface area (Å²) in [6.45, 7) is 0.472. The molecule has 0 saturated carbocycles. The molecule has 4 rings (SSSR count). The molecule has 0 aliphatic carbocycles. The quantitative estimate of drug-likeness (QED) is 0.751. The van der Waals surface area contributed by atoms with Gasteiger partial charge in [-0.25, -0.2) is 8.42 Å². The monoisotopic (exact) mass is 295 g/mol. The van der Waals surface area contributed by atoms with Gasteiger partial charge in [0.05, 0.1) is 11.0 Å². The molecule has 3 heterocycles. The second kappa shape index (κ2) is 3.88. The second-order valence-electron chi connectivity index (χ2n) is 5.37. The van der Waals surface area contributed by atoms with Crippen LogP contribution in [0.4, 0.5) is 0 Å². The lowest BCUT2D eigenvalue weighted by molar-refractivity contribution is 0.0745. The lowest BCUT2D eigenvalue weighted by Crippen LogP contribution is -2.44. The summed E-state index contributed by atoms with van der Waals surface area (Å²) >= 11 is 0. The van der Waals surface area contributed by atoms with Crippen LogP contribution in [0.15, 0.2) is 18.2 Å². The van der Waals surface area contributed by atoms with E-state index in [0.29, 0.717) is 30.0 Å². The number of ether oxygens (including phenoxy) is 2. The Kier molecular flexibility index (Phi) is 2.33. The molecule has 7 heteroatoms. The normalized spacial score (nSPS) is 28.9. The summed E-state index contributed by atoms with van der Waals surface area (Å²) in [6.07, 6.45) is 0.568. The molecular formula is C13H13NO5S. The highest BCUT2D eigenvalue weighted by atomic mass is 32.2. The van der Waals surface area contributed by atoms with Gasteiger partial charge in [0.1, 0.15) is 0 Å². The van der Waals surface area contributed by atoms with Gasteiger partial charge in [0.2, 0.25) is 6.79 Å². The van der Waals surface area contributed by atoms with Gasteiger partial charge in [-0.05, 0) is 24.6 Å². The minimum Gasteiger partial charge on any atom is -0.454 e. The molecule has 2 atom stereocenters. The Balaban J connectivity index is 1.60. The maximum Gasteiger partial charge on any atom is 0.254 e. The number of rotatable bonds is 1. The van der Waals surface area contributed by atoms with Gasteiger partial charge in [-0.15, -0.1) is 0 Å². The minimum atomic E-state index is -2.98. The molecule has 0 N–H and O–H groups in total. The lowest BCUT2D eigenvalue weighted by Gasteiger charge is -2.26. The number of carbonyl (C=O) groups is 1. The van der Waals surface area contributed by atoms with E-state index in [9.17, 15) is 13.2 Å². The Labute approximate surface area is 116 Å². The smallest absolute Gasteiger partial charge is 0.254 e. The van der Waals surface area contributed by atoms with E-state index in [1.165, 1.54) is 0 Å². The van der Waals surface area contributed by atoms with Gasteiger partial charge in [0, 0.05) is 18.2 Å². The highest BCUT2D eigenvalue weighted by Crippen LogP contribution is 2.36. The van der Waals surface area contributed by atoms with Crippen molar-refractivity contribution in [2.24, 2.45) is 0 Å². The van der Waals surface area contributed by atoms with E-state index in [2.05, 4.69) is 0 Å². The summed E-state index contributed by atoms with van der Waals surface area (Å²) in [5, 5.41) is -0.384. The van der Waals surface area contributed by atoms with E-state index < -0.39 is 9.84 Å². The van der Waals surface area contributed by atoms with Crippen LogP contribution in [0.5, 0.6) is 11.5 Å². The van der Waals surface area contributed by atoms with Gasteiger partial charge in [0.15, 0.2) is 21.3 Å². The van der Waals surface area contributed by atoms with E-state index in [1.807, 2.05) is 0 Å². The van der Waals surface area contributed by atoms with Crippen LogP contribution in [0.1, 0.15) is 16.8 Å². The molecule has 20 heavy (non-hydrogen) atoms. The van der Waals surface area contributed by atoms with Crippen molar-refractivity contribution in [1.29, 1.82) is 0 Å². The van der Waals surface area contributed by atoms with Crippen LogP contribution in [0, 0.1) is 0 Å². The number of hydrogen-bond donors (Lipinski definition) is 0. The van der Waals surface area contributed by atoms with Gasteiger partial charge < -0.3 is 14.4 Å². The first-order chi connectivity index (χ1) is 9.54. The maximum atomic E-state index is 12.5. The molecular weight excluding hydrogens is 282 g/mol. The summed E-state index contributed by atoms with van der Waals surface area (Å²) in [4.78, 5) is 14.2. The van der Waals surface area contributed by atoms with Crippen molar-refractivity contribution in [3.8, 4) is 11.5 Å². The Morgan fingerprint density at radius 3 is 2.75 bits per heavy atom. The molecule has 0 spiro atoms. The van der Waals surface area contributed by atoms with E-state index in [-0.39, 0.29) is 29.7 Å². The number of sulfone groups is 1. The molecule has 1 aromatic rings. The van der Waals surface area contributed by atoms with Gasteiger partial charge in [0.25, 0.3) is 5.91 Å². The van der Waals surface area contributed by atoms with Crippen molar-refractivity contribution >= 4 is 15.7 Å². The van der Waals surface area contributed by atoms with E-state index in [0.717, 1.165) is 0 Å². The Morgan fingerprint density at radius 2 is 2.05 bits per heavy atom. The zero-order chi connectivity index (χ0) is 13.9. The van der Waals surface area contributed by atoms with Gasteiger partial charge in [-0.2, -0.15) is 0 Å². The van der Waals surface area contributed by atoms with Crippen LogP contribution in [0.2, 0.25) is 0 Å². The Hall–Kier alpha value is -1.76. The first kappa shape index (κ1) is 12.0. The zero-order valence-corrected chi connectivity index (χ0v) is 11.4. The molecule has 0 aromatic heterocycles. The molecule has 2 fully saturated rings. The van der Waals surface area contributed by atoms with Crippen LogP contribution in [0.25, 0.3) is 0 Å². The molecule has 3 aliphatic heterocycles. The SMILES string of the molecule is O=C(c1ccc2c(c1)OCO2)N1CC2CC1CS2(=O)=O. The third kappa shape index (κ3) is 1.62. The Morgan fingerprint density at radius 1 is 1.25 bits per heavy atom. The molecule has 2 unspecified atom stereocenters. The van der Waals surface area contributed by atoms with Crippen LogP contribution in [0.3, 0.4) is 0 Å². The number of benzene rings is 1. The van der Waals surface area contributed by atoms with Crippen molar-refractivity contribution in [2.45, 2.75) is 17.7 Å². The number of fused-ring (bicyclic) bond motifs is 3. The number of hydrogen-bond acceptors (Lipinski definition) is 5. The molecule has 2 bridgehead atoms. The van der Waals surface area contributed by atoms with Crippen LogP contribution in [-0.2, 0) is 9.84 Å². The topological polar surface area (TPSA) is 72.9 Å². The zero-order valence-electron chi connectivity index (χ0n) is 10.6. The first-order valence-electron chi connectivity index (χ1n) is 6.47. The number of likely N-dealkylation sites (tertiary alicyclic amines) is 1. The fraction of sp³-hybridized carbons (Fsp3) is 0.462. The fourth-order valence-electron chi connectivity index (χ4n) is 3.14. The van der Waals surface area contributed by atoms with Crippen LogP contribution < -0.4 is 9.47 Å². The minimum absolute atomic E-state index is 0.0912. The van der Waals surface area contributed by atoms with Crippen molar-refractivity contribution < 1.29 is 22.7 Å². The highest BCUT2D eigenvalue weighted by Gasteiger charge is 2.50. The van der Waals surface area contributed by atoms with Gasteiger partial charge in [-0.3, -0.25) is 4.79 Å². The third-order valence-corrected chi connectivity index (χ3v) is 6.40. The number of carbonyl (C=O) groups excluding carboxylic acids is 1. The summed E-state index contributed by atoms with van der Waals surface area (Å²) in [5.41, 5.74) is 0.513. The van der Waals surface area contributed by atoms with Crippen molar-refractivity contribution in [3.63, 3.8) is 0 Å². The Bertz CT molecular complexity index is 699. The summed E-state index contributed by atoms with van der Waals surface area (Å²) < 4.78 is 33.9. The fourth-order valence-corrected chi connectivity index (χ4v) is 5.17. The highest BCUT2D eigenvalue weighted by molar-refractivity contribution is 7.92. The predicted molar refractivity (Wildman–Crippen MR) is 69.6 cm³/mol. The first-order valence-corrected chi connectivity index (χ1v) is 8.18. The molecule has 106 valence electrons. The lowest BCUT2D eigenvalue weighted by atomic mass is 10.1. The standard InChI is InChI=1S/C13H13NO5S/c15-13(8-1-2-11-12(3-8)19-7-18-11)14-5-10-4-9(14)6-20(10,16)17/h1-3,9-10H,4-7H2. The number of nitrogens with zero attached hydrogens (tertiary/aromatic N) is 1. The molecule has 6 nitrogen and oxygen atoms in total. The largest absolute Gasteiger partial charge is 0.454 e. The maximum absolute atomic E-state index is 12.5. The number of amides is 1. The van der Waals surface area contributed by atoms with E-state index in [4.69, 9.17) is 9.47 Å². The molecule has 1 aromatic carbocycles. The second-order valence-corrected chi connectivity index (χ2v) is 7.69. The van der Waals surface area contributed by atoms with Crippen LogP contribution in [-0.4, -0.2) is 49.6 Å². The van der Waals surface area contributed by atoms with E-state index in [1.54, 1.807) is 23.1 Å². The van der Waals surface area contributed by atoms with Crippen molar-refractivity contribution in [3.05, 3.63) is 23.8 Å². The molecule has 3 aliphatic rings. The summed E-state index contributed by atoms with van der Waals surface area (Å²) in [6, 6.07) is 4.88.